The molecule has 0 aliphatic carbocycles. The first-order chi connectivity index (χ1) is 17.8. The molecule has 7 nitrogen and oxygen atoms in total. The summed E-state index contributed by atoms with van der Waals surface area (Å²) in [5, 5.41) is 6.07. The number of hydrogen-bond donors (Lipinski definition) is 3. The number of aromatic nitrogens is 1. The number of carbonyl (C=O) groups is 1. The zero-order chi connectivity index (χ0) is 26.3. The number of rotatable bonds is 11. The quantitative estimate of drug-likeness (QED) is 0.225. The average molecular weight is 536 g/mol. The van der Waals surface area contributed by atoms with Crippen LogP contribution < -0.4 is 10.0 Å². The van der Waals surface area contributed by atoms with Crippen LogP contribution in [0, 0.1) is 0 Å². The standard InChI is InChI=1S/C28H29N3O4S2/c1-2-23-19-36-28(29-23)26(18-21-13-15-24(16-14-21)31-37(33,34)35)30-27(32)25(22-11-7-4-8-12-22)17-20-9-5-3-6-10-20/h3-16,19,25-26,31H,2,17-18H2,1H3,(H,30,32)(H,33,34,35)/t25-,26-/m0/s1. The minimum atomic E-state index is -4.35. The summed E-state index contributed by atoms with van der Waals surface area (Å²) in [5.74, 6) is -0.462. The number of thiazole rings is 1. The highest BCUT2D eigenvalue weighted by molar-refractivity contribution is 7.87. The van der Waals surface area contributed by atoms with E-state index in [1.165, 1.54) is 11.3 Å². The molecule has 192 valence electrons. The molecule has 37 heavy (non-hydrogen) atoms. The Hall–Kier alpha value is -3.53. The molecule has 9 heteroatoms. The van der Waals surface area contributed by atoms with Crippen LogP contribution in [0.25, 0.3) is 0 Å². The van der Waals surface area contributed by atoms with Crippen LogP contribution in [0.1, 0.15) is 46.3 Å². The van der Waals surface area contributed by atoms with E-state index in [4.69, 9.17) is 9.54 Å². The Morgan fingerprint density at radius 3 is 2.14 bits per heavy atom. The van der Waals surface area contributed by atoms with Gasteiger partial charge in [0.1, 0.15) is 5.01 Å². The predicted octanol–water partition coefficient (Wildman–Crippen LogP) is 5.35. The first kappa shape index (κ1) is 26.5. The van der Waals surface area contributed by atoms with E-state index >= 15 is 0 Å². The van der Waals surface area contributed by atoms with E-state index in [0.717, 1.165) is 33.8 Å². The summed E-state index contributed by atoms with van der Waals surface area (Å²) in [4.78, 5) is 18.5. The van der Waals surface area contributed by atoms with E-state index in [9.17, 15) is 13.2 Å². The van der Waals surface area contributed by atoms with Crippen LogP contribution in [0.2, 0.25) is 0 Å². The van der Waals surface area contributed by atoms with Crippen molar-refractivity contribution in [2.24, 2.45) is 0 Å². The van der Waals surface area contributed by atoms with Gasteiger partial charge in [-0.25, -0.2) is 4.98 Å². The topological polar surface area (TPSA) is 108 Å². The smallest absolute Gasteiger partial charge is 0.346 e. The summed E-state index contributed by atoms with van der Waals surface area (Å²) < 4.78 is 33.3. The molecule has 4 aromatic rings. The molecule has 2 atom stereocenters. The van der Waals surface area contributed by atoms with Crippen LogP contribution in [0.5, 0.6) is 0 Å². The van der Waals surface area contributed by atoms with Crippen molar-refractivity contribution in [3.8, 4) is 0 Å². The number of nitrogens with zero attached hydrogens (tertiary/aromatic N) is 1. The maximum atomic E-state index is 13.8. The van der Waals surface area contributed by atoms with Crippen LogP contribution in [0.15, 0.2) is 90.3 Å². The number of aryl methyl sites for hydroxylation is 1. The third-order valence-corrected chi connectivity index (χ3v) is 7.49. The second kappa shape index (κ2) is 12.1. The molecule has 0 aliphatic rings. The van der Waals surface area contributed by atoms with Crippen LogP contribution in [-0.2, 0) is 34.4 Å². The summed E-state index contributed by atoms with van der Waals surface area (Å²) in [6.45, 7) is 2.04. The fraction of sp³-hybridized carbons (Fsp3) is 0.214. The Labute approximate surface area is 221 Å². The van der Waals surface area contributed by atoms with Gasteiger partial charge in [-0.05, 0) is 48.1 Å². The highest BCUT2D eigenvalue weighted by Crippen LogP contribution is 2.27. The van der Waals surface area contributed by atoms with Gasteiger partial charge in [0.25, 0.3) is 0 Å². The Morgan fingerprint density at radius 2 is 1.54 bits per heavy atom. The van der Waals surface area contributed by atoms with Gasteiger partial charge >= 0.3 is 10.3 Å². The monoisotopic (exact) mass is 535 g/mol. The summed E-state index contributed by atoms with van der Waals surface area (Å²) in [6.07, 6.45) is 1.84. The molecule has 0 saturated carbocycles. The Bertz CT molecular complexity index is 1410. The molecule has 0 spiro atoms. The largest absolute Gasteiger partial charge is 0.357 e. The van der Waals surface area contributed by atoms with Crippen LogP contribution in [-0.4, -0.2) is 23.9 Å². The van der Waals surface area contributed by atoms with Gasteiger partial charge in [0.15, 0.2) is 0 Å². The van der Waals surface area contributed by atoms with Gasteiger partial charge < -0.3 is 5.32 Å². The number of amides is 1. The van der Waals surface area contributed by atoms with Crippen molar-refractivity contribution in [1.29, 1.82) is 0 Å². The Morgan fingerprint density at radius 1 is 0.919 bits per heavy atom. The van der Waals surface area contributed by atoms with E-state index in [-0.39, 0.29) is 23.6 Å². The van der Waals surface area contributed by atoms with Gasteiger partial charge in [0.2, 0.25) is 5.91 Å². The number of carbonyl (C=O) groups excluding carboxylic acids is 1. The van der Waals surface area contributed by atoms with Gasteiger partial charge in [0, 0.05) is 5.38 Å². The average Bonchev–Trinajstić information content (AvgIpc) is 3.38. The lowest BCUT2D eigenvalue weighted by atomic mass is 9.90. The van der Waals surface area contributed by atoms with E-state index in [1.807, 2.05) is 77.7 Å². The van der Waals surface area contributed by atoms with Crippen LogP contribution in [0.4, 0.5) is 5.69 Å². The van der Waals surface area contributed by atoms with E-state index in [0.29, 0.717) is 12.8 Å². The van der Waals surface area contributed by atoms with Gasteiger partial charge in [-0.1, -0.05) is 79.7 Å². The summed E-state index contributed by atoms with van der Waals surface area (Å²) in [5.41, 5.74) is 4.13. The maximum absolute atomic E-state index is 13.8. The lowest BCUT2D eigenvalue weighted by Crippen LogP contribution is -2.35. The zero-order valence-electron chi connectivity index (χ0n) is 20.4. The van der Waals surface area contributed by atoms with Crippen molar-refractivity contribution >= 4 is 33.2 Å². The molecule has 0 unspecified atom stereocenters. The predicted molar refractivity (Wildman–Crippen MR) is 147 cm³/mol. The molecule has 0 saturated heterocycles. The Kier molecular flexibility index (Phi) is 8.70. The number of nitrogens with one attached hydrogen (secondary N) is 2. The molecule has 1 heterocycles. The maximum Gasteiger partial charge on any atom is 0.357 e. The molecular weight excluding hydrogens is 506 g/mol. The minimum absolute atomic E-state index is 0.0852. The van der Waals surface area contributed by atoms with Gasteiger partial charge in [0.05, 0.1) is 23.3 Å². The molecular formula is C28H29N3O4S2. The van der Waals surface area contributed by atoms with Crippen molar-refractivity contribution in [1.82, 2.24) is 10.3 Å². The van der Waals surface area contributed by atoms with Crippen molar-refractivity contribution < 1.29 is 17.8 Å². The second-order valence-electron chi connectivity index (χ2n) is 8.72. The minimum Gasteiger partial charge on any atom is -0.346 e. The van der Waals surface area contributed by atoms with E-state index in [2.05, 4.69) is 5.32 Å². The third-order valence-electron chi connectivity index (χ3n) is 5.99. The van der Waals surface area contributed by atoms with Crippen molar-refractivity contribution in [2.75, 3.05) is 4.72 Å². The highest BCUT2D eigenvalue weighted by atomic mass is 32.2. The molecule has 0 radical (unpaired) electrons. The molecule has 0 aliphatic heterocycles. The van der Waals surface area contributed by atoms with E-state index < -0.39 is 10.3 Å². The molecule has 4 rings (SSSR count). The third kappa shape index (κ3) is 7.72. The van der Waals surface area contributed by atoms with Crippen molar-refractivity contribution in [2.45, 2.75) is 38.1 Å². The molecule has 3 N–H and O–H groups in total. The summed E-state index contributed by atoms with van der Waals surface area (Å²) in [7, 11) is -4.35. The van der Waals surface area contributed by atoms with Gasteiger partial charge in [-0.2, -0.15) is 8.42 Å². The van der Waals surface area contributed by atoms with Crippen LogP contribution >= 0.6 is 11.3 Å². The fourth-order valence-corrected chi connectivity index (χ4v) is 5.49. The first-order valence-electron chi connectivity index (χ1n) is 12.0. The number of anilines is 1. The number of hydrogen-bond acceptors (Lipinski definition) is 5. The lowest BCUT2D eigenvalue weighted by molar-refractivity contribution is -0.123. The van der Waals surface area contributed by atoms with Gasteiger partial charge in [-0.15, -0.1) is 11.3 Å². The van der Waals surface area contributed by atoms with Crippen molar-refractivity contribution in [3.63, 3.8) is 0 Å². The Balaban J connectivity index is 1.59. The number of benzene rings is 3. The molecule has 1 aromatic heterocycles. The molecule has 1 amide bonds. The van der Waals surface area contributed by atoms with Crippen molar-refractivity contribution in [3.05, 3.63) is 118 Å². The normalized spacial score (nSPS) is 13.0. The summed E-state index contributed by atoms with van der Waals surface area (Å²) in [6, 6.07) is 26.0. The zero-order valence-corrected chi connectivity index (χ0v) is 22.0. The van der Waals surface area contributed by atoms with E-state index in [1.54, 1.807) is 24.3 Å². The fourth-order valence-electron chi connectivity index (χ4n) is 4.11. The lowest BCUT2D eigenvalue weighted by Gasteiger charge is -2.22. The molecule has 0 bridgehead atoms. The van der Waals surface area contributed by atoms with Crippen LogP contribution in [0.3, 0.4) is 0 Å². The SMILES string of the molecule is CCc1csc([C@H](Cc2ccc(NS(=O)(=O)O)cc2)NC(=O)[C@@H](Cc2ccccc2)c2ccccc2)n1. The first-order valence-corrected chi connectivity index (χ1v) is 14.3. The molecule has 3 aromatic carbocycles. The van der Waals surface area contributed by atoms with Gasteiger partial charge in [-0.3, -0.25) is 14.1 Å². The highest BCUT2D eigenvalue weighted by Gasteiger charge is 2.26. The summed E-state index contributed by atoms with van der Waals surface area (Å²) >= 11 is 1.52. The second-order valence-corrected chi connectivity index (χ2v) is 10.8. The molecule has 0 fully saturated rings.